The normalized spacial score (nSPS) is 53.9. The Balaban J connectivity index is 1.54. The number of rotatable bonds is 5. The molecule has 4 rings (SSSR count). The van der Waals surface area contributed by atoms with Crippen LogP contribution in [-0.4, -0.2) is 30.1 Å². The number of hydrogen-bond acceptors (Lipinski definition) is 3. The number of nitrogens with one attached hydrogen (secondary N) is 1. The Labute approximate surface area is 186 Å². The first-order valence-corrected chi connectivity index (χ1v) is 13.3. The van der Waals surface area contributed by atoms with Crippen LogP contribution >= 0.6 is 0 Å². The summed E-state index contributed by atoms with van der Waals surface area (Å²) >= 11 is 0. The lowest BCUT2D eigenvalue weighted by Gasteiger charge is -2.51. The summed E-state index contributed by atoms with van der Waals surface area (Å²) in [5.41, 5.74) is 0.730. The van der Waals surface area contributed by atoms with Crippen LogP contribution in [0.5, 0.6) is 0 Å². The van der Waals surface area contributed by atoms with Crippen LogP contribution in [0.4, 0.5) is 0 Å². The molecule has 0 aromatic carbocycles. The molecule has 0 bridgehead atoms. The summed E-state index contributed by atoms with van der Waals surface area (Å²) in [6.45, 7) is 16.3. The van der Waals surface area contributed by atoms with Crippen LogP contribution in [-0.2, 0) is 4.74 Å². The lowest BCUT2D eigenvalue weighted by molar-refractivity contribution is -0.110. The summed E-state index contributed by atoms with van der Waals surface area (Å²) in [4.78, 5) is 0. The van der Waals surface area contributed by atoms with E-state index in [1.807, 2.05) is 0 Å². The molecule has 3 nitrogen and oxygen atoms in total. The highest BCUT2D eigenvalue weighted by Gasteiger charge is 2.65. The molecule has 2 heterocycles. The van der Waals surface area contributed by atoms with Crippen LogP contribution in [0.15, 0.2) is 0 Å². The van der Waals surface area contributed by atoms with Crippen LogP contribution in [0.1, 0.15) is 99.3 Å². The van der Waals surface area contributed by atoms with Gasteiger partial charge in [0, 0.05) is 19.1 Å². The molecule has 1 spiro atoms. The van der Waals surface area contributed by atoms with E-state index in [9.17, 15) is 5.11 Å². The van der Waals surface area contributed by atoms with E-state index in [0.717, 1.165) is 30.7 Å². The Hall–Kier alpha value is -0.120. The maximum absolute atomic E-state index is 9.60. The standard InChI is InChI=1S/C27H49NO2/c1-7-25(5)16-20(9-10-21(25)12-14-29)22-15-23-24(26(22,6)8-2)19(4)27(30-23)13-11-18(3)17-28-27/h18-24,28-29H,7-17H2,1-6H3/t18-,19?,20+,21?,22?,23?,24?,25+,26-,27-/m0/s1. The average molecular weight is 420 g/mol. The molecule has 4 aliphatic rings. The molecule has 2 N–H and O–H groups in total. The van der Waals surface area contributed by atoms with Crippen molar-refractivity contribution in [1.29, 1.82) is 0 Å². The molecular weight excluding hydrogens is 370 g/mol. The molecule has 5 unspecified atom stereocenters. The highest BCUT2D eigenvalue weighted by molar-refractivity contribution is 5.12. The Morgan fingerprint density at radius 3 is 2.43 bits per heavy atom. The molecule has 30 heavy (non-hydrogen) atoms. The minimum Gasteiger partial charge on any atom is -0.396 e. The topological polar surface area (TPSA) is 41.5 Å². The van der Waals surface area contributed by atoms with E-state index in [4.69, 9.17) is 4.74 Å². The monoisotopic (exact) mass is 419 g/mol. The van der Waals surface area contributed by atoms with Crippen molar-refractivity contribution in [2.45, 2.75) is 111 Å². The molecule has 0 amide bonds. The van der Waals surface area contributed by atoms with Crippen molar-refractivity contribution < 1.29 is 9.84 Å². The fourth-order valence-corrected chi connectivity index (χ4v) is 8.79. The number of aliphatic hydroxyl groups excluding tert-OH is 1. The largest absolute Gasteiger partial charge is 0.396 e. The highest BCUT2D eigenvalue weighted by Crippen LogP contribution is 2.65. The van der Waals surface area contributed by atoms with E-state index in [0.29, 0.717) is 41.3 Å². The van der Waals surface area contributed by atoms with Gasteiger partial charge >= 0.3 is 0 Å². The number of fused-ring (bicyclic) bond motifs is 1. The van der Waals surface area contributed by atoms with Gasteiger partial charge in [-0.1, -0.05) is 54.4 Å². The Bertz CT molecular complexity index is 600. The van der Waals surface area contributed by atoms with Gasteiger partial charge in [0.25, 0.3) is 0 Å². The minimum atomic E-state index is -0.0556. The van der Waals surface area contributed by atoms with Crippen LogP contribution < -0.4 is 5.32 Å². The molecule has 2 aliphatic heterocycles. The van der Waals surface area contributed by atoms with Crippen molar-refractivity contribution in [3.8, 4) is 0 Å². The van der Waals surface area contributed by atoms with Gasteiger partial charge in [0.1, 0.15) is 5.72 Å². The van der Waals surface area contributed by atoms with Crippen LogP contribution in [0.3, 0.4) is 0 Å². The Kier molecular flexibility index (Phi) is 6.41. The fraction of sp³-hybridized carbons (Fsp3) is 1.00. The summed E-state index contributed by atoms with van der Waals surface area (Å²) in [6.07, 6.45) is 11.7. The van der Waals surface area contributed by atoms with E-state index < -0.39 is 0 Å². The predicted octanol–water partition coefficient (Wildman–Crippen LogP) is 6.00. The third-order valence-electron chi connectivity index (χ3n) is 11.1. The third kappa shape index (κ3) is 3.50. The second-order valence-corrected chi connectivity index (χ2v) is 12.3. The lowest BCUT2D eigenvalue weighted by atomic mass is 9.55. The first-order chi connectivity index (χ1) is 14.2. The number of ether oxygens (including phenoxy) is 1. The third-order valence-corrected chi connectivity index (χ3v) is 11.1. The molecular formula is C27H49NO2. The number of piperidine rings is 1. The van der Waals surface area contributed by atoms with Crippen LogP contribution in [0, 0.1) is 46.3 Å². The van der Waals surface area contributed by atoms with Crippen molar-refractivity contribution in [2.75, 3.05) is 13.2 Å². The average Bonchev–Trinajstić information content (AvgIpc) is 3.18. The first kappa shape index (κ1) is 23.1. The molecule has 0 aromatic rings. The van der Waals surface area contributed by atoms with E-state index in [1.165, 1.54) is 51.4 Å². The second-order valence-electron chi connectivity index (χ2n) is 12.3. The first-order valence-electron chi connectivity index (χ1n) is 13.3. The van der Waals surface area contributed by atoms with Gasteiger partial charge < -0.3 is 9.84 Å². The summed E-state index contributed by atoms with van der Waals surface area (Å²) in [7, 11) is 0. The Morgan fingerprint density at radius 1 is 1.07 bits per heavy atom. The second kappa shape index (κ2) is 8.34. The van der Waals surface area contributed by atoms with Gasteiger partial charge in [0.15, 0.2) is 0 Å². The molecule has 4 fully saturated rings. The molecule has 2 saturated carbocycles. The van der Waals surface area contributed by atoms with Crippen LogP contribution in [0.2, 0.25) is 0 Å². The van der Waals surface area contributed by atoms with E-state index in [-0.39, 0.29) is 5.72 Å². The maximum atomic E-state index is 9.60. The quantitative estimate of drug-likeness (QED) is 0.574. The zero-order chi connectivity index (χ0) is 21.7. The summed E-state index contributed by atoms with van der Waals surface area (Å²) in [5, 5.41) is 13.5. The van der Waals surface area contributed by atoms with Crippen molar-refractivity contribution in [3.63, 3.8) is 0 Å². The Morgan fingerprint density at radius 2 is 1.83 bits per heavy atom. The van der Waals surface area contributed by atoms with Crippen molar-refractivity contribution in [1.82, 2.24) is 5.32 Å². The lowest BCUT2D eigenvalue weighted by Crippen LogP contribution is -2.56. The van der Waals surface area contributed by atoms with Crippen molar-refractivity contribution >= 4 is 0 Å². The minimum absolute atomic E-state index is 0.0556. The molecule has 10 atom stereocenters. The SMILES string of the molecule is CC[C@]1(C)C[C@H](C2CC3O[C@@]4(CC[C@H](C)CN4)C(C)C3[C@@]2(C)CC)CCC1CCO. The van der Waals surface area contributed by atoms with Gasteiger partial charge in [-0.15, -0.1) is 0 Å². The molecule has 2 aliphatic carbocycles. The van der Waals surface area contributed by atoms with Gasteiger partial charge in [0.05, 0.1) is 6.10 Å². The maximum Gasteiger partial charge on any atom is 0.122 e. The fourth-order valence-electron chi connectivity index (χ4n) is 8.79. The summed E-state index contributed by atoms with van der Waals surface area (Å²) in [6, 6.07) is 0. The highest BCUT2D eigenvalue weighted by atomic mass is 16.5. The molecule has 3 heteroatoms. The van der Waals surface area contributed by atoms with Crippen molar-refractivity contribution in [2.24, 2.45) is 46.3 Å². The molecule has 2 saturated heterocycles. The molecule has 0 radical (unpaired) electrons. The predicted molar refractivity (Wildman–Crippen MR) is 124 cm³/mol. The van der Waals surface area contributed by atoms with E-state index >= 15 is 0 Å². The van der Waals surface area contributed by atoms with E-state index in [1.54, 1.807) is 0 Å². The molecule has 174 valence electrons. The smallest absolute Gasteiger partial charge is 0.122 e. The zero-order valence-electron chi connectivity index (χ0n) is 20.7. The van der Waals surface area contributed by atoms with Crippen molar-refractivity contribution in [3.05, 3.63) is 0 Å². The zero-order valence-corrected chi connectivity index (χ0v) is 20.7. The van der Waals surface area contributed by atoms with Gasteiger partial charge in [-0.2, -0.15) is 0 Å². The van der Waals surface area contributed by atoms with Gasteiger partial charge in [0.2, 0.25) is 0 Å². The molecule has 0 aromatic heterocycles. The van der Waals surface area contributed by atoms with Gasteiger partial charge in [-0.25, -0.2) is 0 Å². The van der Waals surface area contributed by atoms with E-state index in [2.05, 4.69) is 46.9 Å². The van der Waals surface area contributed by atoms with Gasteiger partial charge in [-0.05, 0) is 85.4 Å². The van der Waals surface area contributed by atoms with Gasteiger partial charge in [-0.3, -0.25) is 5.32 Å². The number of hydrogen-bond donors (Lipinski definition) is 2. The summed E-state index contributed by atoms with van der Waals surface area (Å²) < 4.78 is 6.99. The van der Waals surface area contributed by atoms with Crippen LogP contribution in [0.25, 0.3) is 0 Å². The number of aliphatic hydroxyl groups is 1. The summed E-state index contributed by atoms with van der Waals surface area (Å²) in [5.74, 6) is 4.39.